The van der Waals surface area contributed by atoms with Crippen molar-refractivity contribution in [1.82, 2.24) is 9.78 Å². The van der Waals surface area contributed by atoms with Crippen LogP contribution in [0.1, 0.15) is 5.56 Å². The molecule has 0 amide bonds. The molecule has 1 rings (SSSR count). The maximum atomic E-state index is 10.5. The van der Waals surface area contributed by atoms with Crippen LogP contribution in [0.5, 0.6) is 5.88 Å². The highest BCUT2D eigenvalue weighted by Gasteiger charge is 1.99. The van der Waals surface area contributed by atoms with Gasteiger partial charge in [0.25, 0.3) is 5.88 Å². The Bertz CT molecular complexity index is 173. The molecule has 0 saturated carbocycles. The van der Waals surface area contributed by atoms with Crippen molar-refractivity contribution in [2.45, 2.75) is 6.92 Å². The molecule has 0 saturated heterocycles. The number of aromatic nitrogens is 2. The van der Waals surface area contributed by atoms with Gasteiger partial charge in [0.1, 0.15) is 0 Å². The van der Waals surface area contributed by atoms with Crippen LogP contribution in [0.3, 0.4) is 0 Å². The molecule has 0 unspecified atom stereocenters. The third-order valence-corrected chi connectivity index (χ3v) is 0.966. The third-order valence-electron chi connectivity index (χ3n) is 0.966. The topological polar surface area (TPSA) is 37.7 Å². The Labute approximate surface area is 47.6 Å². The van der Waals surface area contributed by atoms with E-state index in [0.29, 0.717) is 5.56 Å². The van der Waals surface area contributed by atoms with E-state index in [9.17, 15) is 5.11 Å². The standard InChI is InChI=1S/C5H7N2O/c1-4-3-7(2)6-5(4)8/h3H,1-2H3. The first-order chi connectivity index (χ1) is 3.70. The monoisotopic (exact) mass is 111 g/mol. The van der Waals surface area contributed by atoms with E-state index in [-0.39, 0.29) is 5.88 Å². The quantitative estimate of drug-likeness (QED) is 0.489. The van der Waals surface area contributed by atoms with Gasteiger partial charge in [-0.15, -0.1) is 5.10 Å². The van der Waals surface area contributed by atoms with Crippen molar-refractivity contribution in [1.29, 1.82) is 0 Å². The van der Waals surface area contributed by atoms with Crippen molar-refractivity contribution in [3.05, 3.63) is 11.8 Å². The van der Waals surface area contributed by atoms with Crippen molar-refractivity contribution in [2.75, 3.05) is 0 Å². The molecule has 0 aliphatic rings. The second-order valence-corrected chi connectivity index (χ2v) is 1.79. The minimum Gasteiger partial charge on any atom is -0.272 e. The molecule has 0 atom stereocenters. The highest BCUT2D eigenvalue weighted by atomic mass is 16.3. The third kappa shape index (κ3) is 0.665. The molecule has 1 heterocycles. The molecule has 1 aromatic heterocycles. The molecule has 0 bridgehead atoms. The van der Waals surface area contributed by atoms with E-state index >= 15 is 0 Å². The average molecular weight is 111 g/mol. The molecule has 3 nitrogen and oxygen atoms in total. The van der Waals surface area contributed by atoms with Crippen LogP contribution in [-0.2, 0) is 12.2 Å². The fourth-order valence-electron chi connectivity index (χ4n) is 0.586. The average Bonchev–Trinajstić information content (AvgIpc) is 1.85. The maximum absolute atomic E-state index is 10.5. The van der Waals surface area contributed by atoms with Gasteiger partial charge >= 0.3 is 0 Å². The van der Waals surface area contributed by atoms with E-state index in [1.165, 1.54) is 4.68 Å². The van der Waals surface area contributed by atoms with E-state index < -0.39 is 0 Å². The van der Waals surface area contributed by atoms with E-state index in [1.807, 2.05) is 0 Å². The summed E-state index contributed by atoms with van der Waals surface area (Å²) in [5.41, 5.74) is 0.701. The lowest BCUT2D eigenvalue weighted by molar-refractivity contribution is 0.330. The molecule has 0 aliphatic carbocycles. The second-order valence-electron chi connectivity index (χ2n) is 1.79. The second kappa shape index (κ2) is 1.51. The Morgan fingerprint density at radius 2 is 2.38 bits per heavy atom. The summed E-state index contributed by atoms with van der Waals surface area (Å²) in [6.07, 6.45) is 1.70. The van der Waals surface area contributed by atoms with Crippen LogP contribution in [0.2, 0.25) is 0 Å². The van der Waals surface area contributed by atoms with Gasteiger partial charge in [0.05, 0.1) is 0 Å². The molecule has 0 aliphatic heterocycles. The van der Waals surface area contributed by atoms with E-state index in [0.717, 1.165) is 0 Å². The number of nitrogens with zero attached hydrogens (tertiary/aromatic N) is 2. The van der Waals surface area contributed by atoms with Gasteiger partial charge in [0.2, 0.25) is 0 Å². The van der Waals surface area contributed by atoms with Gasteiger partial charge in [-0.2, -0.15) is 0 Å². The molecule has 0 fully saturated rings. The van der Waals surface area contributed by atoms with Crippen molar-refractivity contribution in [3.8, 4) is 5.88 Å². The predicted octanol–water partition coefficient (Wildman–Crippen LogP) is 0.872. The van der Waals surface area contributed by atoms with Crippen LogP contribution in [0.15, 0.2) is 6.20 Å². The fourth-order valence-corrected chi connectivity index (χ4v) is 0.586. The molecule has 0 N–H and O–H groups in total. The van der Waals surface area contributed by atoms with Crippen LogP contribution in [0.25, 0.3) is 0 Å². The zero-order valence-electron chi connectivity index (χ0n) is 4.88. The Kier molecular flexibility index (Phi) is 0.970. The molecular weight excluding hydrogens is 104 g/mol. The smallest absolute Gasteiger partial charge is 0.272 e. The van der Waals surface area contributed by atoms with E-state index in [2.05, 4.69) is 5.10 Å². The molecule has 3 heteroatoms. The highest BCUT2D eigenvalue weighted by molar-refractivity contribution is 5.18. The van der Waals surface area contributed by atoms with Gasteiger partial charge in [0.15, 0.2) is 0 Å². The van der Waals surface area contributed by atoms with Gasteiger partial charge in [-0.3, -0.25) is 9.79 Å². The summed E-state index contributed by atoms with van der Waals surface area (Å²) in [7, 11) is 1.73. The first-order valence-corrected chi connectivity index (χ1v) is 2.37. The first kappa shape index (κ1) is 5.15. The predicted molar refractivity (Wildman–Crippen MR) is 28.1 cm³/mol. The summed E-state index contributed by atoms with van der Waals surface area (Å²) in [5.74, 6) is -0.132. The lowest BCUT2D eigenvalue weighted by Crippen LogP contribution is -1.84. The summed E-state index contributed by atoms with van der Waals surface area (Å²) < 4.78 is 1.51. The molecule has 43 valence electrons. The van der Waals surface area contributed by atoms with Crippen LogP contribution in [0, 0.1) is 6.92 Å². The molecule has 1 radical (unpaired) electrons. The van der Waals surface area contributed by atoms with Crippen LogP contribution in [-0.4, -0.2) is 9.78 Å². The zero-order chi connectivity index (χ0) is 6.15. The number of aryl methyl sites for hydroxylation is 2. The molecule has 1 aromatic rings. The Morgan fingerprint density at radius 1 is 1.75 bits per heavy atom. The van der Waals surface area contributed by atoms with Crippen molar-refractivity contribution in [3.63, 3.8) is 0 Å². The fraction of sp³-hybridized carbons (Fsp3) is 0.400. The molecule has 0 aromatic carbocycles. The van der Waals surface area contributed by atoms with Gasteiger partial charge in [-0.05, 0) is 6.92 Å². The van der Waals surface area contributed by atoms with Crippen LogP contribution < -0.4 is 0 Å². The molecule has 0 spiro atoms. The zero-order valence-corrected chi connectivity index (χ0v) is 4.88. The molecule has 8 heavy (non-hydrogen) atoms. The Morgan fingerprint density at radius 3 is 2.50 bits per heavy atom. The van der Waals surface area contributed by atoms with Crippen molar-refractivity contribution >= 4 is 0 Å². The van der Waals surface area contributed by atoms with Gasteiger partial charge in [0, 0.05) is 18.8 Å². The van der Waals surface area contributed by atoms with E-state index in [1.54, 1.807) is 20.2 Å². The van der Waals surface area contributed by atoms with E-state index in [4.69, 9.17) is 0 Å². The SMILES string of the molecule is Cc1cn(C)nc1[O]. The lowest BCUT2D eigenvalue weighted by atomic mass is 10.4. The van der Waals surface area contributed by atoms with Gasteiger partial charge < -0.3 is 0 Å². The Balaban J connectivity index is 3.14. The first-order valence-electron chi connectivity index (χ1n) is 2.37. The van der Waals surface area contributed by atoms with Crippen LogP contribution in [0.4, 0.5) is 0 Å². The largest absolute Gasteiger partial charge is 0.290 e. The minimum absolute atomic E-state index is 0.132. The van der Waals surface area contributed by atoms with Gasteiger partial charge in [-0.1, -0.05) is 0 Å². The summed E-state index contributed by atoms with van der Waals surface area (Å²) in [4.78, 5) is 0. The summed E-state index contributed by atoms with van der Waals surface area (Å²) in [5, 5.41) is 14.1. The lowest BCUT2D eigenvalue weighted by Gasteiger charge is -1.77. The highest BCUT2D eigenvalue weighted by Crippen LogP contribution is 2.10. The van der Waals surface area contributed by atoms with Crippen LogP contribution >= 0.6 is 0 Å². The summed E-state index contributed by atoms with van der Waals surface area (Å²) in [6, 6.07) is 0. The number of rotatable bonds is 0. The summed E-state index contributed by atoms with van der Waals surface area (Å²) >= 11 is 0. The summed E-state index contributed by atoms with van der Waals surface area (Å²) in [6.45, 7) is 1.75. The number of hydrogen-bond donors (Lipinski definition) is 0. The van der Waals surface area contributed by atoms with Gasteiger partial charge in [-0.25, -0.2) is 0 Å². The van der Waals surface area contributed by atoms with Crippen molar-refractivity contribution in [2.24, 2.45) is 7.05 Å². The molecular formula is C5H7N2O. The minimum atomic E-state index is -0.132. The normalized spacial score (nSPS) is 9.75. The maximum Gasteiger partial charge on any atom is 0.290 e. The van der Waals surface area contributed by atoms with Crippen molar-refractivity contribution < 1.29 is 5.11 Å². The number of hydrogen-bond acceptors (Lipinski definition) is 1. The Hall–Kier alpha value is -0.990.